The summed E-state index contributed by atoms with van der Waals surface area (Å²) in [6.45, 7) is 10.0. The highest BCUT2D eigenvalue weighted by Crippen LogP contribution is 2.45. The van der Waals surface area contributed by atoms with Crippen molar-refractivity contribution in [3.63, 3.8) is 0 Å². The van der Waals surface area contributed by atoms with Gasteiger partial charge in [-0.1, -0.05) is 12.1 Å². The van der Waals surface area contributed by atoms with E-state index in [1.54, 1.807) is 49.9 Å². The Morgan fingerprint density at radius 3 is 2.33 bits per heavy atom. The molecule has 45 heavy (non-hydrogen) atoms. The number of carboxylic acid groups (broad SMARTS) is 1. The number of nitrogens with one attached hydrogen (secondary N) is 3. The minimum atomic E-state index is -3.54. The third kappa shape index (κ3) is 6.80. The number of aromatic nitrogens is 3. The fourth-order valence-electron chi connectivity index (χ4n) is 6.05. The molecule has 2 aliphatic heterocycles. The van der Waals surface area contributed by atoms with Crippen LogP contribution in [-0.4, -0.2) is 75.9 Å². The van der Waals surface area contributed by atoms with Gasteiger partial charge in [-0.05, 0) is 82.7 Å². The van der Waals surface area contributed by atoms with Crippen LogP contribution in [0, 0.1) is 6.92 Å². The van der Waals surface area contributed by atoms with E-state index in [0.717, 1.165) is 41.8 Å². The maximum atomic E-state index is 12.9. The molecule has 0 bridgehead atoms. The second-order valence-corrected chi connectivity index (χ2v) is 14.3. The van der Waals surface area contributed by atoms with Crippen LogP contribution < -0.4 is 20.7 Å². The second kappa shape index (κ2) is 12.9. The number of carbonyl (C=O) groups excluding carboxylic acids is 1. The van der Waals surface area contributed by atoms with Crippen molar-refractivity contribution in [2.75, 3.05) is 23.7 Å². The van der Waals surface area contributed by atoms with E-state index in [9.17, 15) is 18.0 Å². The number of likely N-dealkylation sites (tertiary alicyclic amines) is 1. The van der Waals surface area contributed by atoms with Crippen molar-refractivity contribution < 1.29 is 27.9 Å². The molecule has 1 fully saturated rings. The van der Waals surface area contributed by atoms with E-state index in [4.69, 9.17) is 9.84 Å². The van der Waals surface area contributed by atoms with Gasteiger partial charge in [-0.15, -0.1) is 0 Å². The van der Waals surface area contributed by atoms with Crippen LogP contribution in [0.1, 0.15) is 63.1 Å². The summed E-state index contributed by atoms with van der Waals surface area (Å²) in [6.07, 6.45) is 2.37. The Kier molecular flexibility index (Phi) is 9.14. The van der Waals surface area contributed by atoms with Gasteiger partial charge in [0.15, 0.2) is 9.84 Å². The van der Waals surface area contributed by atoms with E-state index in [1.165, 1.54) is 11.9 Å². The van der Waals surface area contributed by atoms with E-state index in [0.29, 0.717) is 18.8 Å². The molecule has 3 aromatic rings. The number of nitrogens with zero attached hydrogens (tertiary/aromatic N) is 4. The summed E-state index contributed by atoms with van der Waals surface area (Å²) in [5.74, 6) is 1.20. The molecule has 5 rings (SSSR count). The number of para-hydroxylation sites is 1. The molecule has 0 unspecified atom stereocenters. The molecule has 4 N–H and O–H groups in total. The van der Waals surface area contributed by atoms with Gasteiger partial charge in [-0.3, -0.25) is 4.79 Å². The molecule has 2 aliphatic rings. The number of piperidine rings is 1. The number of hydrogen-bond acceptors (Lipinski definition) is 10. The van der Waals surface area contributed by atoms with Gasteiger partial charge >= 0.3 is 6.09 Å². The van der Waals surface area contributed by atoms with E-state index in [-0.39, 0.29) is 34.7 Å². The van der Waals surface area contributed by atoms with Crippen LogP contribution in [0.5, 0.6) is 5.75 Å². The van der Waals surface area contributed by atoms with Gasteiger partial charge in [0.25, 0.3) is 0 Å². The van der Waals surface area contributed by atoms with Gasteiger partial charge in [0, 0.05) is 25.1 Å². The molecule has 14 heteroatoms. The normalized spacial score (nSPS) is 17.4. The molecule has 13 nitrogen and oxygen atoms in total. The van der Waals surface area contributed by atoms with Crippen molar-refractivity contribution in [1.82, 2.24) is 25.2 Å². The first-order valence-corrected chi connectivity index (χ1v) is 16.6. The van der Waals surface area contributed by atoms with E-state index >= 15 is 0 Å². The first-order valence-electron chi connectivity index (χ1n) is 15.0. The standard InChI is InChI=1S/C31H39N7O6S/c1-17(2)45(42,43)25-9-7-6-8-23(25)35-29-32-16-33-30(37-29)36-24-14-18(3)26(22-15-19(4)44-27(22)24)21-10-12-38(13-11-21)28(39)20(5)34-31(40)41/h6-9,14,16-17,19-21,34H,10-13,15H2,1-5H3,(H,40,41)(H2,32,33,35,36,37)/t19-,20+/m1/s1. The first kappa shape index (κ1) is 31.9. The molecular weight excluding hydrogens is 598 g/mol. The van der Waals surface area contributed by atoms with Crippen LogP contribution >= 0.6 is 0 Å². The number of rotatable bonds is 9. The Morgan fingerprint density at radius 2 is 1.69 bits per heavy atom. The van der Waals surface area contributed by atoms with Crippen molar-refractivity contribution in [1.29, 1.82) is 0 Å². The van der Waals surface area contributed by atoms with E-state index in [2.05, 4.69) is 37.8 Å². The predicted octanol–water partition coefficient (Wildman–Crippen LogP) is 4.53. The predicted molar refractivity (Wildman–Crippen MR) is 169 cm³/mol. The maximum absolute atomic E-state index is 12.9. The quantitative estimate of drug-likeness (QED) is 0.259. The molecule has 2 amide bonds. The minimum absolute atomic E-state index is 0.0271. The summed E-state index contributed by atoms with van der Waals surface area (Å²) in [6, 6.07) is 7.88. The summed E-state index contributed by atoms with van der Waals surface area (Å²) in [5.41, 5.74) is 4.53. The first-order chi connectivity index (χ1) is 21.3. The lowest BCUT2D eigenvalue weighted by Gasteiger charge is -2.35. The van der Waals surface area contributed by atoms with Gasteiger partial charge in [0.1, 0.15) is 24.2 Å². The SMILES string of the molecule is Cc1cc(Nc2ncnc(Nc3ccccc3S(=O)(=O)C(C)C)n2)c2c(c1C1CCN(C(=O)[C@H](C)NC(=O)O)CC1)C[C@@H](C)O2. The number of sulfone groups is 1. The van der Waals surface area contributed by atoms with Gasteiger partial charge in [-0.2, -0.15) is 4.98 Å². The zero-order chi connectivity index (χ0) is 32.5. The maximum Gasteiger partial charge on any atom is 0.405 e. The van der Waals surface area contributed by atoms with Crippen LogP contribution in [-0.2, 0) is 21.1 Å². The Labute approximate surface area is 262 Å². The van der Waals surface area contributed by atoms with E-state index < -0.39 is 27.2 Å². The summed E-state index contributed by atoms with van der Waals surface area (Å²) >= 11 is 0. The third-order valence-electron chi connectivity index (χ3n) is 8.24. The van der Waals surface area contributed by atoms with Crippen molar-refractivity contribution in [2.24, 2.45) is 0 Å². The Hall–Kier alpha value is -4.46. The highest BCUT2D eigenvalue weighted by molar-refractivity contribution is 7.92. The smallest absolute Gasteiger partial charge is 0.405 e. The largest absolute Gasteiger partial charge is 0.488 e. The van der Waals surface area contributed by atoms with E-state index in [1.807, 2.05) is 13.0 Å². The fourth-order valence-corrected chi connectivity index (χ4v) is 7.25. The lowest BCUT2D eigenvalue weighted by atomic mass is 9.82. The summed E-state index contributed by atoms with van der Waals surface area (Å²) in [4.78, 5) is 38.6. The average Bonchev–Trinajstić information content (AvgIpc) is 3.38. The Balaban J connectivity index is 1.36. The Morgan fingerprint density at radius 1 is 1.04 bits per heavy atom. The van der Waals surface area contributed by atoms with Gasteiger partial charge in [0.2, 0.25) is 17.8 Å². The third-order valence-corrected chi connectivity index (χ3v) is 10.5. The number of aryl methyl sites for hydroxylation is 1. The molecular formula is C31H39N7O6S. The number of hydrogen-bond donors (Lipinski definition) is 4. The minimum Gasteiger partial charge on any atom is -0.488 e. The van der Waals surface area contributed by atoms with Crippen molar-refractivity contribution >= 4 is 45.1 Å². The molecule has 240 valence electrons. The highest BCUT2D eigenvalue weighted by Gasteiger charge is 2.34. The zero-order valence-electron chi connectivity index (χ0n) is 26.0. The summed E-state index contributed by atoms with van der Waals surface area (Å²) in [5, 5.41) is 16.9. The van der Waals surface area contributed by atoms with Gasteiger partial charge in [0.05, 0.1) is 21.5 Å². The molecule has 2 atom stereocenters. The number of ether oxygens (including phenoxy) is 1. The monoisotopic (exact) mass is 637 g/mol. The second-order valence-electron chi connectivity index (χ2n) is 11.8. The number of amides is 2. The molecule has 1 saturated heterocycles. The molecule has 0 saturated carbocycles. The molecule has 0 radical (unpaired) electrons. The van der Waals surface area contributed by atoms with Gasteiger partial charge < -0.3 is 30.7 Å². The summed E-state index contributed by atoms with van der Waals surface area (Å²) in [7, 11) is -3.54. The molecule has 1 aromatic heterocycles. The molecule has 3 heterocycles. The number of fused-ring (bicyclic) bond motifs is 1. The lowest BCUT2D eigenvalue weighted by molar-refractivity contribution is -0.133. The van der Waals surface area contributed by atoms with Crippen molar-refractivity contribution in [3.8, 4) is 5.75 Å². The van der Waals surface area contributed by atoms with Crippen LogP contribution in [0.2, 0.25) is 0 Å². The topological polar surface area (TPSA) is 176 Å². The highest BCUT2D eigenvalue weighted by atomic mass is 32.2. The van der Waals surface area contributed by atoms with Crippen LogP contribution in [0.15, 0.2) is 41.6 Å². The summed E-state index contributed by atoms with van der Waals surface area (Å²) < 4.78 is 32.1. The van der Waals surface area contributed by atoms with Crippen LogP contribution in [0.3, 0.4) is 0 Å². The number of benzene rings is 2. The Bertz CT molecular complexity index is 1710. The zero-order valence-corrected chi connectivity index (χ0v) is 26.8. The lowest BCUT2D eigenvalue weighted by Crippen LogP contribution is -2.48. The average molecular weight is 638 g/mol. The van der Waals surface area contributed by atoms with Crippen molar-refractivity contribution in [3.05, 3.63) is 53.3 Å². The van der Waals surface area contributed by atoms with Gasteiger partial charge in [-0.25, -0.2) is 23.2 Å². The number of anilines is 4. The van der Waals surface area contributed by atoms with Crippen molar-refractivity contribution in [2.45, 2.75) is 82.1 Å². The fraction of sp³-hybridized carbons (Fsp3) is 0.452. The number of carbonyl (C=O) groups is 2. The van der Waals surface area contributed by atoms with Crippen LogP contribution in [0.25, 0.3) is 0 Å². The van der Waals surface area contributed by atoms with Crippen LogP contribution in [0.4, 0.5) is 28.1 Å². The molecule has 2 aromatic carbocycles. The molecule has 0 aliphatic carbocycles. The molecule has 0 spiro atoms.